The summed E-state index contributed by atoms with van der Waals surface area (Å²) < 4.78 is 1.51. The number of hydrogen-bond acceptors (Lipinski definition) is 3. The summed E-state index contributed by atoms with van der Waals surface area (Å²) in [5, 5.41) is 2.91. The van der Waals surface area contributed by atoms with E-state index < -0.39 is 0 Å². The van der Waals surface area contributed by atoms with Gasteiger partial charge in [0, 0.05) is 15.7 Å². The Bertz CT molecular complexity index is 637. The van der Waals surface area contributed by atoms with Gasteiger partial charge in [-0.25, -0.2) is 0 Å². The van der Waals surface area contributed by atoms with Crippen LogP contribution in [-0.2, 0) is 0 Å². The Hall–Kier alpha value is -0.910. The van der Waals surface area contributed by atoms with Gasteiger partial charge in [0.1, 0.15) is 0 Å². The first-order valence-electron chi connectivity index (χ1n) is 7.12. The van der Waals surface area contributed by atoms with Crippen molar-refractivity contribution in [2.24, 2.45) is 0 Å². The fraction of sp³-hybridized carbons (Fsp3) is 0.235. The van der Waals surface area contributed by atoms with Crippen molar-refractivity contribution in [3.63, 3.8) is 0 Å². The minimum absolute atomic E-state index is 0.0715. The van der Waals surface area contributed by atoms with E-state index in [1.807, 2.05) is 59.9 Å². The van der Waals surface area contributed by atoms with E-state index >= 15 is 0 Å². The van der Waals surface area contributed by atoms with E-state index in [-0.39, 0.29) is 5.91 Å². The monoisotopic (exact) mass is 393 g/mol. The fourth-order valence-electron chi connectivity index (χ4n) is 2.21. The predicted molar refractivity (Wildman–Crippen MR) is 101 cm³/mol. The zero-order valence-corrected chi connectivity index (χ0v) is 15.1. The summed E-state index contributed by atoms with van der Waals surface area (Å²) in [6.45, 7) is 0. The molecule has 0 aromatic heterocycles. The average molecular weight is 394 g/mol. The molecule has 0 bridgehead atoms. The highest BCUT2D eigenvalue weighted by Crippen LogP contribution is 2.43. The molecule has 1 N–H and O–H groups in total. The van der Waals surface area contributed by atoms with E-state index in [0.717, 1.165) is 10.2 Å². The molecule has 5 heteroatoms. The lowest BCUT2D eigenvalue weighted by atomic mass is 10.1. The standard InChI is InChI=1S/C17H16BrNOS2/c18-14-6-8-15(9-7-14)19-16(20)12-2-4-13(5-3-12)17-21-10-1-11-22-17/h2-9,17H,1,10-11H2,(H,19,20). The van der Waals surface area contributed by atoms with Crippen molar-refractivity contribution in [2.75, 3.05) is 16.8 Å². The second kappa shape index (κ2) is 7.57. The SMILES string of the molecule is O=C(Nc1ccc(Br)cc1)c1ccc(C2SCCCS2)cc1. The van der Waals surface area contributed by atoms with Crippen LogP contribution in [0.2, 0.25) is 0 Å². The van der Waals surface area contributed by atoms with Gasteiger partial charge in [0.25, 0.3) is 5.91 Å². The van der Waals surface area contributed by atoms with Gasteiger partial charge in [-0.15, -0.1) is 23.5 Å². The molecule has 2 nitrogen and oxygen atoms in total. The summed E-state index contributed by atoms with van der Waals surface area (Å²) in [7, 11) is 0. The molecule has 0 atom stereocenters. The average Bonchev–Trinajstić information content (AvgIpc) is 2.58. The molecule has 22 heavy (non-hydrogen) atoms. The van der Waals surface area contributed by atoms with Crippen molar-refractivity contribution in [3.05, 3.63) is 64.1 Å². The number of thioether (sulfide) groups is 2. The van der Waals surface area contributed by atoms with Crippen molar-refractivity contribution in [1.82, 2.24) is 0 Å². The van der Waals surface area contributed by atoms with E-state index in [9.17, 15) is 4.79 Å². The number of nitrogens with one attached hydrogen (secondary N) is 1. The Labute approximate surface area is 147 Å². The second-order valence-electron chi connectivity index (χ2n) is 5.01. The molecule has 0 radical (unpaired) electrons. The second-order valence-corrected chi connectivity index (χ2v) is 8.65. The van der Waals surface area contributed by atoms with Gasteiger partial charge in [-0.1, -0.05) is 28.1 Å². The molecule has 1 aliphatic rings. The van der Waals surface area contributed by atoms with E-state index in [1.165, 1.54) is 23.5 Å². The molecule has 2 aromatic rings. The third-order valence-electron chi connectivity index (χ3n) is 3.37. The van der Waals surface area contributed by atoms with Gasteiger partial charge in [-0.3, -0.25) is 4.79 Å². The molecule has 2 aromatic carbocycles. The number of carbonyl (C=O) groups excluding carboxylic acids is 1. The topological polar surface area (TPSA) is 29.1 Å². The molecule has 114 valence electrons. The van der Waals surface area contributed by atoms with Crippen LogP contribution < -0.4 is 5.32 Å². The molecular formula is C17H16BrNOS2. The van der Waals surface area contributed by atoms with Crippen LogP contribution in [0.1, 0.15) is 26.9 Å². The van der Waals surface area contributed by atoms with Crippen LogP contribution in [0, 0.1) is 0 Å². The lowest BCUT2D eigenvalue weighted by Gasteiger charge is -2.21. The van der Waals surface area contributed by atoms with Gasteiger partial charge in [-0.2, -0.15) is 0 Å². The molecular weight excluding hydrogens is 378 g/mol. The number of amides is 1. The van der Waals surface area contributed by atoms with E-state index in [2.05, 4.69) is 33.4 Å². The van der Waals surface area contributed by atoms with Crippen LogP contribution in [0.5, 0.6) is 0 Å². The highest BCUT2D eigenvalue weighted by molar-refractivity contribution is 9.10. The third-order valence-corrected chi connectivity index (χ3v) is 6.92. The number of anilines is 1. The van der Waals surface area contributed by atoms with E-state index in [0.29, 0.717) is 10.1 Å². The van der Waals surface area contributed by atoms with Crippen molar-refractivity contribution >= 4 is 51.0 Å². The van der Waals surface area contributed by atoms with Gasteiger partial charge in [0.05, 0.1) is 4.58 Å². The normalized spacial score (nSPS) is 15.5. The minimum atomic E-state index is -0.0715. The van der Waals surface area contributed by atoms with Gasteiger partial charge in [0.2, 0.25) is 0 Å². The maximum absolute atomic E-state index is 12.3. The van der Waals surface area contributed by atoms with Crippen molar-refractivity contribution < 1.29 is 4.79 Å². The summed E-state index contributed by atoms with van der Waals surface area (Å²) in [5.74, 6) is 2.38. The van der Waals surface area contributed by atoms with Crippen LogP contribution in [0.3, 0.4) is 0 Å². The molecule has 0 aliphatic carbocycles. The molecule has 1 amide bonds. The summed E-state index contributed by atoms with van der Waals surface area (Å²) >= 11 is 7.37. The number of rotatable bonds is 3. The lowest BCUT2D eigenvalue weighted by Crippen LogP contribution is -2.11. The Morgan fingerprint density at radius 3 is 2.27 bits per heavy atom. The van der Waals surface area contributed by atoms with E-state index in [4.69, 9.17) is 0 Å². The first-order chi connectivity index (χ1) is 10.7. The summed E-state index contributed by atoms with van der Waals surface area (Å²) in [6.07, 6.45) is 1.29. The molecule has 1 aliphatic heterocycles. The highest BCUT2D eigenvalue weighted by atomic mass is 79.9. The smallest absolute Gasteiger partial charge is 0.255 e. The Morgan fingerprint density at radius 1 is 1.00 bits per heavy atom. The van der Waals surface area contributed by atoms with Crippen molar-refractivity contribution in [3.8, 4) is 0 Å². The molecule has 0 saturated carbocycles. The van der Waals surface area contributed by atoms with Gasteiger partial charge >= 0.3 is 0 Å². The third kappa shape index (κ3) is 4.09. The molecule has 0 spiro atoms. The van der Waals surface area contributed by atoms with Gasteiger partial charge in [-0.05, 0) is 59.9 Å². The predicted octanol–water partition coefficient (Wildman–Crippen LogP) is 5.57. The summed E-state index contributed by atoms with van der Waals surface area (Å²) in [6, 6.07) is 15.6. The minimum Gasteiger partial charge on any atom is -0.322 e. The first-order valence-corrected chi connectivity index (χ1v) is 10.0. The maximum Gasteiger partial charge on any atom is 0.255 e. The van der Waals surface area contributed by atoms with Crippen LogP contribution in [0.25, 0.3) is 0 Å². The van der Waals surface area contributed by atoms with E-state index in [1.54, 1.807) is 0 Å². The summed E-state index contributed by atoms with van der Waals surface area (Å²) in [5.41, 5.74) is 2.79. The lowest BCUT2D eigenvalue weighted by molar-refractivity contribution is 0.102. The van der Waals surface area contributed by atoms with Gasteiger partial charge < -0.3 is 5.32 Å². The zero-order chi connectivity index (χ0) is 15.4. The van der Waals surface area contributed by atoms with Gasteiger partial charge in [0.15, 0.2) is 0 Å². The number of hydrogen-bond donors (Lipinski definition) is 1. The van der Waals surface area contributed by atoms with Crippen LogP contribution in [-0.4, -0.2) is 17.4 Å². The Kier molecular flexibility index (Phi) is 5.50. The first kappa shape index (κ1) is 16.0. The van der Waals surface area contributed by atoms with Crippen LogP contribution >= 0.6 is 39.5 Å². The highest BCUT2D eigenvalue weighted by Gasteiger charge is 2.16. The van der Waals surface area contributed by atoms with Crippen LogP contribution in [0.15, 0.2) is 53.0 Å². The molecule has 1 fully saturated rings. The fourth-order valence-corrected chi connectivity index (χ4v) is 5.37. The summed E-state index contributed by atoms with van der Waals surface area (Å²) in [4.78, 5) is 12.3. The van der Waals surface area contributed by atoms with Crippen molar-refractivity contribution in [1.29, 1.82) is 0 Å². The molecule has 3 rings (SSSR count). The van der Waals surface area contributed by atoms with Crippen LogP contribution in [0.4, 0.5) is 5.69 Å². The Morgan fingerprint density at radius 2 is 1.64 bits per heavy atom. The Balaban J connectivity index is 1.66. The number of carbonyl (C=O) groups is 1. The molecule has 1 heterocycles. The van der Waals surface area contributed by atoms with Crippen molar-refractivity contribution in [2.45, 2.75) is 11.0 Å². The maximum atomic E-state index is 12.3. The number of benzene rings is 2. The number of halogens is 1. The largest absolute Gasteiger partial charge is 0.322 e. The molecule has 0 unspecified atom stereocenters. The molecule has 1 saturated heterocycles. The quantitative estimate of drug-likeness (QED) is 0.738. The zero-order valence-electron chi connectivity index (χ0n) is 11.9.